The average molecular weight is 355 g/mol. The molecule has 0 fully saturated rings. The Kier molecular flexibility index (Phi) is 3.73. The molecule has 0 aliphatic heterocycles. The fraction of sp³-hybridized carbons (Fsp3) is 0.0714. The van der Waals surface area contributed by atoms with E-state index in [1.807, 2.05) is 24.4 Å². The molecule has 2 aromatic heterocycles. The van der Waals surface area contributed by atoms with Crippen LogP contribution in [0.15, 0.2) is 54.9 Å². The van der Waals surface area contributed by atoms with Crippen LogP contribution in [-0.2, 0) is 0 Å². The molecule has 2 nitrogen and oxygen atoms in total. The third-order valence-electron chi connectivity index (χ3n) is 2.80. The van der Waals surface area contributed by atoms with E-state index in [4.69, 9.17) is 4.74 Å². The summed E-state index contributed by atoms with van der Waals surface area (Å²) in [5.41, 5.74) is 1.19. The molecule has 3 aromatic rings. The minimum absolute atomic E-state index is 0.892. The van der Waals surface area contributed by atoms with Gasteiger partial charge in [-0.1, -0.05) is 6.07 Å². The zero-order chi connectivity index (χ0) is 17.4. The van der Waals surface area contributed by atoms with Gasteiger partial charge in [-0.2, -0.15) is 4.40 Å². The molecule has 9 heteroatoms. The number of benzene rings is 1. The van der Waals surface area contributed by atoms with Crippen molar-refractivity contribution in [3.8, 4) is 5.75 Å². The van der Waals surface area contributed by atoms with Crippen LogP contribution in [0.2, 0.25) is 0 Å². The summed E-state index contributed by atoms with van der Waals surface area (Å²) in [5, 5.41) is 2.41. The number of aromatic nitrogens is 1. The zero-order valence-corrected chi connectivity index (χ0v) is 12.7. The Morgan fingerprint density at radius 3 is 2.13 bits per heavy atom. The van der Waals surface area contributed by atoms with Gasteiger partial charge in [0.2, 0.25) is 5.52 Å². The van der Waals surface area contributed by atoms with Gasteiger partial charge in [-0.15, -0.1) is 0 Å². The van der Waals surface area contributed by atoms with Gasteiger partial charge in [-0.25, -0.2) is 0 Å². The standard InChI is InChI=1S/C14H12NO.F6P/c1-16-14-6-5-11-8-13-4-2-3-7-15(13)10-12(11)9-14;1-7(2,3,4,5)6/h2-10H,1H3;/q+1;-1. The summed E-state index contributed by atoms with van der Waals surface area (Å²) in [4.78, 5) is 0. The van der Waals surface area contributed by atoms with Gasteiger partial charge in [0.1, 0.15) is 5.75 Å². The van der Waals surface area contributed by atoms with Crippen LogP contribution in [-0.4, -0.2) is 7.11 Å². The van der Waals surface area contributed by atoms with Gasteiger partial charge < -0.3 is 4.74 Å². The van der Waals surface area contributed by atoms with Crippen LogP contribution >= 0.6 is 7.81 Å². The molecule has 3 rings (SSSR count). The van der Waals surface area contributed by atoms with Gasteiger partial charge in [-0.3, -0.25) is 0 Å². The molecule has 0 aliphatic carbocycles. The van der Waals surface area contributed by atoms with Crippen molar-refractivity contribution in [3.05, 3.63) is 54.9 Å². The maximum absolute atomic E-state index is 10.7. The fourth-order valence-corrected chi connectivity index (χ4v) is 1.94. The van der Waals surface area contributed by atoms with Crippen molar-refractivity contribution in [1.82, 2.24) is 0 Å². The molecule has 2 heterocycles. The molecule has 0 spiro atoms. The quantitative estimate of drug-likeness (QED) is 0.227. The van der Waals surface area contributed by atoms with E-state index in [9.17, 15) is 25.2 Å². The average Bonchev–Trinajstić information content (AvgIpc) is 2.41. The summed E-state index contributed by atoms with van der Waals surface area (Å²) in [6.45, 7) is 0. The van der Waals surface area contributed by atoms with Crippen LogP contribution in [0.5, 0.6) is 5.75 Å². The summed E-state index contributed by atoms with van der Waals surface area (Å²) < 4.78 is 66.5. The second-order valence-corrected chi connectivity index (χ2v) is 6.68. The van der Waals surface area contributed by atoms with Gasteiger partial charge in [-0.05, 0) is 23.6 Å². The van der Waals surface area contributed by atoms with Crippen LogP contribution in [0.1, 0.15) is 0 Å². The number of fused-ring (bicyclic) bond motifs is 2. The van der Waals surface area contributed by atoms with Crippen molar-refractivity contribution >= 4 is 24.1 Å². The first-order chi connectivity index (χ1) is 10.3. The Labute approximate surface area is 127 Å². The summed E-state index contributed by atoms with van der Waals surface area (Å²) in [7, 11) is -8.97. The van der Waals surface area contributed by atoms with Crippen molar-refractivity contribution in [2.24, 2.45) is 0 Å². The molecule has 1 aromatic carbocycles. The van der Waals surface area contributed by atoms with Gasteiger partial charge in [0.15, 0.2) is 12.4 Å². The number of hydrogen-bond donors (Lipinski definition) is 0. The van der Waals surface area contributed by atoms with Crippen LogP contribution in [0.4, 0.5) is 25.2 Å². The van der Waals surface area contributed by atoms with Gasteiger partial charge in [0.25, 0.3) is 0 Å². The molecule has 23 heavy (non-hydrogen) atoms. The fourth-order valence-electron chi connectivity index (χ4n) is 1.94. The second kappa shape index (κ2) is 4.96. The van der Waals surface area contributed by atoms with E-state index in [0.29, 0.717) is 0 Å². The van der Waals surface area contributed by atoms with Crippen molar-refractivity contribution in [2.75, 3.05) is 7.11 Å². The van der Waals surface area contributed by atoms with E-state index >= 15 is 0 Å². The van der Waals surface area contributed by atoms with E-state index < -0.39 is 7.81 Å². The third kappa shape index (κ3) is 6.28. The zero-order valence-electron chi connectivity index (χ0n) is 11.8. The number of halogens is 6. The Morgan fingerprint density at radius 1 is 0.870 bits per heavy atom. The first-order valence-corrected chi connectivity index (χ1v) is 8.29. The number of rotatable bonds is 1. The number of nitrogens with zero attached hydrogens (tertiary/aromatic N) is 1. The van der Waals surface area contributed by atoms with E-state index in [1.165, 1.54) is 16.3 Å². The van der Waals surface area contributed by atoms with Crippen molar-refractivity contribution in [3.63, 3.8) is 0 Å². The van der Waals surface area contributed by atoms with E-state index in [0.717, 1.165) is 5.75 Å². The third-order valence-corrected chi connectivity index (χ3v) is 2.80. The molecule has 0 unspecified atom stereocenters. The van der Waals surface area contributed by atoms with Crippen molar-refractivity contribution in [1.29, 1.82) is 0 Å². The second-order valence-electron chi connectivity index (χ2n) is 4.76. The molecule has 0 saturated heterocycles. The molecular formula is C14H12F6NOP. The van der Waals surface area contributed by atoms with Crippen molar-refractivity contribution < 1.29 is 34.3 Å². The number of hydrogen-bond acceptors (Lipinski definition) is 1. The normalized spacial score (nSPS) is 14.6. The molecule has 0 N–H and O–H groups in total. The molecule has 0 atom stereocenters. The monoisotopic (exact) mass is 355 g/mol. The first kappa shape index (κ1) is 17.3. The first-order valence-electron chi connectivity index (χ1n) is 6.26. The van der Waals surface area contributed by atoms with Gasteiger partial charge >= 0.3 is 33.0 Å². The van der Waals surface area contributed by atoms with Crippen LogP contribution in [0.25, 0.3) is 16.3 Å². The molecule has 0 aliphatic rings. The molecule has 0 bridgehead atoms. The van der Waals surface area contributed by atoms with Crippen molar-refractivity contribution in [2.45, 2.75) is 0 Å². The summed E-state index contributed by atoms with van der Waals surface area (Å²) >= 11 is 0. The molecule has 126 valence electrons. The van der Waals surface area contributed by atoms with Crippen LogP contribution in [0, 0.1) is 0 Å². The van der Waals surface area contributed by atoms with Gasteiger partial charge in [0.05, 0.1) is 7.11 Å². The molecule has 0 radical (unpaired) electrons. The SMILES string of the molecule is COc1ccc2cc3cccc[n+]3cc2c1.F[P-](F)(F)(F)(F)F. The Hall–Kier alpha value is -2.08. The molecular weight excluding hydrogens is 343 g/mol. The molecule has 0 saturated carbocycles. The van der Waals surface area contributed by atoms with Gasteiger partial charge in [0, 0.05) is 23.6 Å². The van der Waals surface area contributed by atoms with E-state index in [2.05, 4.69) is 34.9 Å². The predicted molar refractivity (Wildman–Crippen MR) is 77.2 cm³/mol. The van der Waals surface area contributed by atoms with Crippen LogP contribution in [0.3, 0.4) is 0 Å². The topological polar surface area (TPSA) is 13.3 Å². The number of ether oxygens (including phenoxy) is 1. The summed E-state index contributed by atoms with van der Waals surface area (Å²) in [6, 6.07) is 14.5. The number of pyridine rings is 2. The minimum atomic E-state index is -10.7. The predicted octanol–water partition coefficient (Wildman–Crippen LogP) is 5.97. The Morgan fingerprint density at radius 2 is 1.52 bits per heavy atom. The Bertz CT molecular complexity index is 852. The van der Waals surface area contributed by atoms with E-state index in [1.54, 1.807) is 7.11 Å². The van der Waals surface area contributed by atoms with E-state index in [-0.39, 0.29) is 0 Å². The molecule has 0 amide bonds. The van der Waals surface area contributed by atoms with Crippen LogP contribution < -0.4 is 9.14 Å². The summed E-state index contributed by atoms with van der Waals surface area (Å²) in [5.74, 6) is 0.892. The number of methoxy groups -OCH3 is 1. The summed E-state index contributed by atoms with van der Waals surface area (Å²) in [6.07, 6.45) is 4.17. The maximum atomic E-state index is 9.87. The Balaban J connectivity index is 0.000000236.